The zero-order chi connectivity index (χ0) is 13.7. The number of carbonyl (C=O) groups is 1. The van der Waals surface area contributed by atoms with Gasteiger partial charge in [0.25, 0.3) is 0 Å². The van der Waals surface area contributed by atoms with E-state index in [1.165, 1.54) is 0 Å². The van der Waals surface area contributed by atoms with E-state index in [1.54, 1.807) is 0 Å². The molecule has 0 aliphatic heterocycles. The van der Waals surface area contributed by atoms with Crippen molar-refractivity contribution in [1.82, 2.24) is 0 Å². The molecule has 0 bridgehead atoms. The topological polar surface area (TPSA) is 41.1 Å². The molecule has 1 amide bonds. The molecule has 0 saturated carbocycles. The van der Waals surface area contributed by atoms with Crippen molar-refractivity contribution < 1.29 is 4.79 Å². The molecule has 0 aromatic heterocycles. The van der Waals surface area contributed by atoms with Crippen LogP contribution < -0.4 is 10.6 Å². The molecule has 0 saturated heterocycles. The first-order valence-electron chi connectivity index (χ1n) is 6.00. The Morgan fingerprint density at radius 1 is 1.11 bits per heavy atom. The zero-order valence-electron chi connectivity index (χ0n) is 10.6. The van der Waals surface area contributed by atoms with Crippen molar-refractivity contribution in [1.29, 1.82) is 0 Å². The minimum atomic E-state index is -0.0945. The van der Waals surface area contributed by atoms with Gasteiger partial charge in [0, 0.05) is 16.4 Å². The maximum absolute atomic E-state index is 11.7. The first-order chi connectivity index (χ1) is 9.15. The number of benzene rings is 2. The zero-order valence-corrected chi connectivity index (χ0v) is 11.4. The third-order valence-corrected chi connectivity index (χ3v) is 3.09. The van der Waals surface area contributed by atoms with Crippen LogP contribution in [0.2, 0.25) is 5.02 Å². The summed E-state index contributed by atoms with van der Waals surface area (Å²) in [5.41, 5.74) is 2.64. The number of hydrogen-bond acceptors (Lipinski definition) is 2. The summed E-state index contributed by atoms with van der Waals surface area (Å²) in [4.78, 5) is 11.7. The van der Waals surface area contributed by atoms with Crippen molar-refractivity contribution in [3.8, 4) is 0 Å². The van der Waals surface area contributed by atoms with Gasteiger partial charge in [-0.15, -0.1) is 0 Å². The molecule has 4 heteroatoms. The molecule has 0 spiro atoms. The lowest BCUT2D eigenvalue weighted by Crippen LogP contribution is -2.21. The summed E-state index contributed by atoms with van der Waals surface area (Å²) in [7, 11) is 0. The quantitative estimate of drug-likeness (QED) is 0.893. The number of para-hydroxylation sites is 1. The lowest BCUT2D eigenvalue weighted by atomic mass is 10.2. The van der Waals surface area contributed by atoms with Gasteiger partial charge in [-0.3, -0.25) is 4.79 Å². The lowest BCUT2D eigenvalue weighted by molar-refractivity contribution is -0.114. The average Bonchev–Trinajstić information content (AvgIpc) is 2.41. The van der Waals surface area contributed by atoms with E-state index in [0.29, 0.717) is 5.02 Å². The fourth-order valence-corrected chi connectivity index (χ4v) is 1.79. The van der Waals surface area contributed by atoms with Crippen LogP contribution in [0.1, 0.15) is 5.56 Å². The van der Waals surface area contributed by atoms with Crippen LogP contribution in [0.3, 0.4) is 0 Å². The normalized spacial score (nSPS) is 10.0. The molecule has 19 heavy (non-hydrogen) atoms. The minimum Gasteiger partial charge on any atom is -0.376 e. The van der Waals surface area contributed by atoms with Crippen LogP contribution in [0.15, 0.2) is 48.5 Å². The molecule has 98 valence electrons. The monoisotopic (exact) mass is 274 g/mol. The highest BCUT2D eigenvalue weighted by Crippen LogP contribution is 2.19. The van der Waals surface area contributed by atoms with Crippen molar-refractivity contribution in [2.24, 2.45) is 0 Å². The van der Waals surface area contributed by atoms with Crippen molar-refractivity contribution in [2.45, 2.75) is 6.92 Å². The fourth-order valence-electron chi connectivity index (χ4n) is 1.61. The molecule has 0 heterocycles. The summed E-state index contributed by atoms with van der Waals surface area (Å²) in [5.74, 6) is -0.0945. The number of halogens is 1. The standard InChI is InChI=1S/C15H15ClN2O/c1-11-7-8-13(9-14(11)16)17-10-15(19)18-12-5-3-2-4-6-12/h2-9,17H,10H2,1H3,(H,18,19). The second-order valence-electron chi connectivity index (χ2n) is 4.23. The summed E-state index contributed by atoms with van der Waals surface area (Å²) in [6, 6.07) is 15.0. The summed E-state index contributed by atoms with van der Waals surface area (Å²) < 4.78 is 0. The minimum absolute atomic E-state index is 0.0945. The van der Waals surface area contributed by atoms with E-state index in [4.69, 9.17) is 11.6 Å². The predicted molar refractivity (Wildman–Crippen MR) is 79.8 cm³/mol. The molecule has 2 aromatic rings. The number of amides is 1. The van der Waals surface area contributed by atoms with Crippen LogP contribution in [-0.2, 0) is 4.79 Å². The Labute approximate surface area is 117 Å². The van der Waals surface area contributed by atoms with Crippen molar-refractivity contribution >= 4 is 28.9 Å². The van der Waals surface area contributed by atoms with Crippen LogP contribution in [0.25, 0.3) is 0 Å². The fraction of sp³-hybridized carbons (Fsp3) is 0.133. The van der Waals surface area contributed by atoms with Gasteiger partial charge >= 0.3 is 0 Å². The van der Waals surface area contributed by atoms with Gasteiger partial charge in [-0.2, -0.15) is 0 Å². The highest BCUT2D eigenvalue weighted by atomic mass is 35.5. The SMILES string of the molecule is Cc1ccc(NCC(=O)Nc2ccccc2)cc1Cl. The molecule has 0 atom stereocenters. The number of nitrogens with one attached hydrogen (secondary N) is 2. The Kier molecular flexibility index (Phi) is 4.42. The van der Waals surface area contributed by atoms with Gasteiger partial charge in [0.15, 0.2) is 0 Å². The Morgan fingerprint density at radius 2 is 1.84 bits per heavy atom. The summed E-state index contributed by atoms with van der Waals surface area (Å²) in [5, 5.41) is 6.53. The van der Waals surface area contributed by atoms with Gasteiger partial charge in [-0.05, 0) is 36.8 Å². The third kappa shape index (κ3) is 4.00. The van der Waals surface area contributed by atoms with E-state index in [-0.39, 0.29) is 12.5 Å². The smallest absolute Gasteiger partial charge is 0.243 e. The highest BCUT2D eigenvalue weighted by molar-refractivity contribution is 6.31. The molecule has 0 unspecified atom stereocenters. The Hall–Kier alpha value is -2.00. The average molecular weight is 275 g/mol. The maximum atomic E-state index is 11.7. The van der Waals surface area contributed by atoms with Crippen LogP contribution in [0.5, 0.6) is 0 Å². The number of carbonyl (C=O) groups excluding carboxylic acids is 1. The van der Waals surface area contributed by atoms with Gasteiger partial charge in [0.2, 0.25) is 5.91 Å². The van der Waals surface area contributed by atoms with Crippen molar-refractivity contribution in [3.63, 3.8) is 0 Å². The van der Waals surface area contributed by atoms with Crippen LogP contribution in [-0.4, -0.2) is 12.5 Å². The molecule has 3 nitrogen and oxygen atoms in total. The molecular formula is C15H15ClN2O. The van der Waals surface area contributed by atoms with E-state index < -0.39 is 0 Å². The first kappa shape index (κ1) is 13.4. The van der Waals surface area contributed by atoms with E-state index >= 15 is 0 Å². The second-order valence-corrected chi connectivity index (χ2v) is 4.64. The Morgan fingerprint density at radius 3 is 2.53 bits per heavy atom. The number of aryl methyl sites for hydroxylation is 1. The van der Waals surface area contributed by atoms with Gasteiger partial charge in [-0.25, -0.2) is 0 Å². The first-order valence-corrected chi connectivity index (χ1v) is 6.38. The number of anilines is 2. The van der Waals surface area contributed by atoms with E-state index in [1.807, 2.05) is 55.5 Å². The van der Waals surface area contributed by atoms with Crippen molar-refractivity contribution in [3.05, 3.63) is 59.1 Å². The van der Waals surface area contributed by atoms with E-state index in [9.17, 15) is 4.79 Å². The molecular weight excluding hydrogens is 260 g/mol. The third-order valence-electron chi connectivity index (χ3n) is 2.68. The van der Waals surface area contributed by atoms with Gasteiger partial charge < -0.3 is 10.6 Å². The van der Waals surface area contributed by atoms with E-state index in [0.717, 1.165) is 16.9 Å². The molecule has 2 N–H and O–H groups in total. The second kappa shape index (κ2) is 6.25. The number of rotatable bonds is 4. The highest BCUT2D eigenvalue weighted by Gasteiger charge is 2.03. The van der Waals surface area contributed by atoms with E-state index in [2.05, 4.69) is 10.6 Å². The molecule has 0 aliphatic carbocycles. The molecule has 0 radical (unpaired) electrons. The maximum Gasteiger partial charge on any atom is 0.243 e. The van der Waals surface area contributed by atoms with Crippen LogP contribution in [0.4, 0.5) is 11.4 Å². The summed E-state index contributed by atoms with van der Waals surface area (Å²) >= 11 is 6.02. The molecule has 0 aliphatic rings. The molecule has 2 rings (SSSR count). The Balaban J connectivity index is 1.88. The molecule has 2 aromatic carbocycles. The predicted octanol–water partition coefficient (Wildman–Crippen LogP) is 3.70. The van der Waals surface area contributed by atoms with Gasteiger partial charge in [0.05, 0.1) is 6.54 Å². The summed E-state index contributed by atoms with van der Waals surface area (Å²) in [6.45, 7) is 2.14. The lowest BCUT2D eigenvalue weighted by Gasteiger charge is -2.08. The Bertz CT molecular complexity index is 570. The summed E-state index contributed by atoms with van der Waals surface area (Å²) in [6.07, 6.45) is 0. The number of hydrogen-bond donors (Lipinski definition) is 2. The van der Waals surface area contributed by atoms with Crippen molar-refractivity contribution in [2.75, 3.05) is 17.2 Å². The van der Waals surface area contributed by atoms with Crippen LogP contribution in [0, 0.1) is 6.92 Å². The van der Waals surface area contributed by atoms with Gasteiger partial charge in [-0.1, -0.05) is 35.9 Å². The molecule has 0 fully saturated rings. The van der Waals surface area contributed by atoms with Crippen LogP contribution >= 0.6 is 11.6 Å². The van der Waals surface area contributed by atoms with Gasteiger partial charge in [0.1, 0.15) is 0 Å². The largest absolute Gasteiger partial charge is 0.376 e.